The Morgan fingerprint density at radius 2 is 1.96 bits per heavy atom. The molecule has 3 fully saturated rings. The van der Waals surface area contributed by atoms with E-state index in [2.05, 4.69) is 4.90 Å². The first-order chi connectivity index (χ1) is 11.6. The van der Waals surface area contributed by atoms with E-state index >= 15 is 0 Å². The van der Waals surface area contributed by atoms with Crippen molar-refractivity contribution in [1.29, 1.82) is 0 Å². The molecule has 0 bridgehead atoms. The SMILES string of the molecule is O=C([C@H]1CO[C@@H]2CN(Cc3ccc(F)c(F)c3)C[C@H]12)N1CCCC1. The smallest absolute Gasteiger partial charge is 0.228 e. The number of amides is 1. The van der Waals surface area contributed by atoms with Gasteiger partial charge in [0.15, 0.2) is 11.6 Å². The summed E-state index contributed by atoms with van der Waals surface area (Å²) in [7, 11) is 0. The molecule has 3 aliphatic heterocycles. The van der Waals surface area contributed by atoms with Crippen LogP contribution in [-0.2, 0) is 16.1 Å². The van der Waals surface area contributed by atoms with E-state index in [-0.39, 0.29) is 23.8 Å². The molecular weight excluding hydrogens is 314 g/mol. The number of halogens is 2. The molecule has 24 heavy (non-hydrogen) atoms. The van der Waals surface area contributed by atoms with Gasteiger partial charge < -0.3 is 9.64 Å². The summed E-state index contributed by atoms with van der Waals surface area (Å²) in [5.41, 5.74) is 0.747. The van der Waals surface area contributed by atoms with Crippen LogP contribution in [0.1, 0.15) is 18.4 Å². The largest absolute Gasteiger partial charge is 0.376 e. The van der Waals surface area contributed by atoms with Gasteiger partial charge in [-0.3, -0.25) is 9.69 Å². The van der Waals surface area contributed by atoms with Crippen molar-refractivity contribution in [3.63, 3.8) is 0 Å². The first-order valence-corrected chi connectivity index (χ1v) is 8.68. The maximum absolute atomic E-state index is 13.4. The van der Waals surface area contributed by atoms with Gasteiger partial charge in [0.1, 0.15) is 0 Å². The Bertz CT molecular complexity index is 633. The molecule has 130 valence electrons. The number of carbonyl (C=O) groups excluding carboxylic acids is 1. The molecule has 3 saturated heterocycles. The minimum absolute atomic E-state index is 0.0527. The number of carbonyl (C=O) groups is 1. The number of rotatable bonds is 3. The fourth-order valence-electron chi connectivity index (χ4n) is 4.25. The molecule has 0 aromatic heterocycles. The van der Waals surface area contributed by atoms with Crippen molar-refractivity contribution < 1.29 is 18.3 Å². The van der Waals surface area contributed by atoms with Gasteiger partial charge in [0.25, 0.3) is 0 Å². The van der Waals surface area contributed by atoms with Gasteiger partial charge >= 0.3 is 0 Å². The van der Waals surface area contributed by atoms with Crippen LogP contribution >= 0.6 is 0 Å². The molecule has 0 N–H and O–H groups in total. The number of hydrogen-bond acceptors (Lipinski definition) is 3. The first-order valence-electron chi connectivity index (χ1n) is 8.68. The van der Waals surface area contributed by atoms with Crippen molar-refractivity contribution in [2.45, 2.75) is 25.5 Å². The van der Waals surface area contributed by atoms with Gasteiger partial charge in [0.2, 0.25) is 5.91 Å². The Kier molecular flexibility index (Phi) is 4.26. The highest BCUT2D eigenvalue weighted by Gasteiger charge is 2.47. The Morgan fingerprint density at radius 1 is 1.17 bits per heavy atom. The molecule has 0 radical (unpaired) electrons. The van der Waals surface area contributed by atoms with Gasteiger partial charge in [-0.1, -0.05) is 6.07 Å². The number of likely N-dealkylation sites (tertiary alicyclic amines) is 2. The lowest BCUT2D eigenvalue weighted by Crippen LogP contribution is -2.38. The van der Waals surface area contributed by atoms with Crippen LogP contribution in [0.5, 0.6) is 0 Å². The summed E-state index contributed by atoms with van der Waals surface area (Å²) in [5.74, 6) is -1.25. The maximum Gasteiger partial charge on any atom is 0.228 e. The predicted octanol–water partition coefficient (Wildman–Crippen LogP) is 2.03. The van der Waals surface area contributed by atoms with E-state index in [0.29, 0.717) is 13.2 Å². The third kappa shape index (κ3) is 2.93. The molecule has 0 spiro atoms. The molecule has 6 heteroatoms. The second kappa shape index (κ2) is 6.41. The van der Waals surface area contributed by atoms with Gasteiger partial charge in [0, 0.05) is 38.6 Å². The zero-order valence-electron chi connectivity index (χ0n) is 13.6. The van der Waals surface area contributed by atoms with E-state index in [1.807, 2.05) is 4.90 Å². The Labute approximate surface area is 140 Å². The van der Waals surface area contributed by atoms with Crippen molar-refractivity contribution in [3.05, 3.63) is 35.4 Å². The van der Waals surface area contributed by atoms with Gasteiger partial charge in [-0.25, -0.2) is 8.78 Å². The molecule has 0 saturated carbocycles. The van der Waals surface area contributed by atoms with E-state index in [1.165, 1.54) is 6.07 Å². The summed E-state index contributed by atoms with van der Waals surface area (Å²) >= 11 is 0. The fourth-order valence-corrected chi connectivity index (χ4v) is 4.25. The van der Waals surface area contributed by atoms with E-state index in [1.54, 1.807) is 6.07 Å². The van der Waals surface area contributed by atoms with Crippen LogP contribution in [0.4, 0.5) is 8.78 Å². The number of ether oxygens (including phenoxy) is 1. The highest BCUT2D eigenvalue weighted by molar-refractivity contribution is 5.80. The molecular formula is C18H22F2N2O2. The highest BCUT2D eigenvalue weighted by atomic mass is 19.2. The first kappa shape index (κ1) is 16.0. The quantitative estimate of drug-likeness (QED) is 0.847. The lowest BCUT2D eigenvalue weighted by Gasteiger charge is -2.23. The van der Waals surface area contributed by atoms with Crippen LogP contribution in [0.2, 0.25) is 0 Å². The second-order valence-corrected chi connectivity index (χ2v) is 7.12. The van der Waals surface area contributed by atoms with Crippen LogP contribution < -0.4 is 0 Å². The summed E-state index contributed by atoms with van der Waals surface area (Å²) in [6.45, 7) is 4.32. The third-order valence-electron chi connectivity index (χ3n) is 5.52. The van der Waals surface area contributed by atoms with Crippen molar-refractivity contribution >= 4 is 5.91 Å². The standard InChI is InChI=1S/C18H22F2N2O2/c19-15-4-3-12(7-16(15)20)8-21-9-13-14(11-24-17(13)10-21)18(23)22-5-1-2-6-22/h3-4,7,13-14,17H,1-2,5-6,8-11H2/t13-,14+,17-/m1/s1. The zero-order chi connectivity index (χ0) is 16.7. The maximum atomic E-state index is 13.4. The number of benzene rings is 1. The minimum atomic E-state index is -0.823. The van der Waals surface area contributed by atoms with Crippen molar-refractivity contribution in [2.75, 3.05) is 32.8 Å². The Hall–Kier alpha value is -1.53. The van der Waals surface area contributed by atoms with E-state index in [0.717, 1.165) is 50.7 Å². The van der Waals surface area contributed by atoms with E-state index < -0.39 is 11.6 Å². The van der Waals surface area contributed by atoms with Gasteiger partial charge in [-0.05, 0) is 30.5 Å². The number of fused-ring (bicyclic) bond motifs is 1. The monoisotopic (exact) mass is 336 g/mol. The molecule has 3 heterocycles. The molecule has 0 aliphatic carbocycles. The number of nitrogens with zero attached hydrogens (tertiary/aromatic N) is 2. The van der Waals surface area contributed by atoms with E-state index in [4.69, 9.17) is 4.74 Å². The molecule has 1 aromatic carbocycles. The lowest BCUT2D eigenvalue weighted by atomic mass is 9.92. The zero-order valence-corrected chi connectivity index (χ0v) is 13.6. The normalized spacial score (nSPS) is 30.1. The van der Waals surface area contributed by atoms with Crippen molar-refractivity contribution in [1.82, 2.24) is 9.80 Å². The molecule has 4 nitrogen and oxygen atoms in total. The Balaban J connectivity index is 1.40. The van der Waals surface area contributed by atoms with E-state index in [9.17, 15) is 13.6 Å². The Morgan fingerprint density at radius 3 is 2.71 bits per heavy atom. The molecule has 0 unspecified atom stereocenters. The van der Waals surface area contributed by atoms with Crippen LogP contribution in [-0.4, -0.2) is 54.6 Å². The van der Waals surface area contributed by atoms with Gasteiger partial charge in [-0.15, -0.1) is 0 Å². The molecule has 3 aliphatic rings. The minimum Gasteiger partial charge on any atom is -0.376 e. The summed E-state index contributed by atoms with van der Waals surface area (Å²) in [5, 5.41) is 0. The van der Waals surface area contributed by atoms with Gasteiger partial charge in [0.05, 0.1) is 18.6 Å². The van der Waals surface area contributed by atoms with Crippen LogP contribution in [0.3, 0.4) is 0 Å². The lowest BCUT2D eigenvalue weighted by molar-refractivity contribution is -0.135. The summed E-state index contributed by atoms with van der Waals surface area (Å²) < 4.78 is 32.3. The average Bonchev–Trinajstić information content (AvgIpc) is 3.27. The topological polar surface area (TPSA) is 32.8 Å². The number of hydrogen-bond donors (Lipinski definition) is 0. The van der Waals surface area contributed by atoms with Crippen molar-refractivity contribution in [3.8, 4) is 0 Å². The predicted molar refractivity (Wildman–Crippen MR) is 84.2 cm³/mol. The summed E-state index contributed by atoms with van der Waals surface area (Å²) in [6, 6.07) is 4.02. The molecule has 1 aromatic rings. The second-order valence-electron chi connectivity index (χ2n) is 7.12. The summed E-state index contributed by atoms with van der Waals surface area (Å²) in [4.78, 5) is 16.8. The van der Waals surface area contributed by atoms with Crippen LogP contribution in [0.15, 0.2) is 18.2 Å². The highest BCUT2D eigenvalue weighted by Crippen LogP contribution is 2.36. The molecule has 3 atom stereocenters. The van der Waals surface area contributed by atoms with Crippen molar-refractivity contribution in [2.24, 2.45) is 11.8 Å². The van der Waals surface area contributed by atoms with Crippen LogP contribution in [0, 0.1) is 23.5 Å². The fraction of sp³-hybridized carbons (Fsp3) is 0.611. The molecule has 4 rings (SSSR count). The summed E-state index contributed by atoms with van der Waals surface area (Å²) in [6.07, 6.45) is 2.26. The van der Waals surface area contributed by atoms with Gasteiger partial charge in [-0.2, -0.15) is 0 Å². The van der Waals surface area contributed by atoms with Crippen LogP contribution in [0.25, 0.3) is 0 Å². The average molecular weight is 336 g/mol. The third-order valence-corrected chi connectivity index (χ3v) is 5.52. The molecule has 1 amide bonds.